The van der Waals surface area contributed by atoms with Crippen LogP contribution >= 0.6 is 0 Å². The van der Waals surface area contributed by atoms with Gasteiger partial charge in [-0.05, 0) is 121 Å². The van der Waals surface area contributed by atoms with Gasteiger partial charge in [0.1, 0.15) is 11.5 Å². The largest absolute Gasteiger partial charge is 0.508 e. The zero-order valence-electron chi connectivity index (χ0n) is 39.1. The molecule has 0 unspecified atom stereocenters. The highest BCUT2D eigenvalue weighted by Crippen LogP contribution is 2.29. The summed E-state index contributed by atoms with van der Waals surface area (Å²) in [5.74, 6) is 0.500. The number of aromatic amines is 4. The first kappa shape index (κ1) is 46.6. The molecule has 0 radical (unpaired) electrons. The Morgan fingerprint density at radius 1 is 0.328 bits per heavy atom. The second-order valence-corrected chi connectivity index (χ2v) is 18.5. The Morgan fingerprint density at radius 3 is 1.02 bits per heavy atom. The van der Waals surface area contributed by atoms with Crippen LogP contribution in [-0.4, -0.2) is 30.1 Å². The van der Waals surface area contributed by atoms with E-state index in [9.17, 15) is 10.2 Å². The lowest BCUT2D eigenvalue weighted by atomic mass is 10.0. The number of hydrogen-bond acceptors (Lipinski definition) is 2. The van der Waals surface area contributed by atoms with Gasteiger partial charge in [-0.1, -0.05) is 167 Å². The molecular weight excluding hydrogens is 785 g/mol. The highest BCUT2D eigenvalue weighted by Gasteiger charge is 2.17. The standard InChI is InChI=1S/C58H76N4O2/c1-3-5-7-9-11-13-15-17-19-21-23-31-47-49-33-37-53(59-49)57(43-27-25-29-45(63)41-43)55-39-35-51(61-55)48(32-24-22-20-18-16-14-12-10-8-6-4-2)52-36-40-56(62-52)58(54-38-34-50(47)60-54)44-28-26-30-46(64)42-44/h25-30,33-42,59-64H,3-24,31-32H2,1-2H3. The van der Waals surface area contributed by atoms with Gasteiger partial charge in [0.05, 0.1) is 0 Å². The average molecular weight is 861 g/mol. The first-order valence-corrected chi connectivity index (χ1v) is 25.4. The second-order valence-electron chi connectivity index (χ2n) is 18.5. The summed E-state index contributed by atoms with van der Waals surface area (Å²) >= 11 is 0. The summed E-state index contributed by atoms with van der Waals surface area (Å²) in [6, 6.07) is 33.0. The number of phenols is 2. The number of benzene rings is 2. The minimum Gasteiger partial charge on any atom is -0.508 e. The lowest BCUT2D eigenvalue weighted by molar-refractivity contribution is 0.474. The Hall–Kier alpha value is -5.36. The van der Waals surface area contributed by atoms with Crippen molar-refractivity contribution < 1.29 is 10.2 Å². The van der Waals surface area contributed by atoms with Gasteiger partial charge >= 0.3 is 0 Å². The van der Waals surface area contributed by atoms with Gasteiger partial charge in [0.15, 0.2) is 0 Å². The first-order chi connectivity index (χ1) is 31.5. The monoisotopic (exact) mass is 861 g/mol. The molecule has 6 N–H and O–H groups in total. The van der Waals surface area contributed by atoms with Crippen LogP contribution in [0.4, 0.5) is 0 Å². The van der Waals surface area contributed by atoms with Crippen LogP contribution in [0.3, 0.4) is 0 Å². The molecular formula is C58H76N4O2. The van der Waals surface area contributed by atoms with E-state index in [1.165, 1.54) is 140 Å². The Kier molecular flexibility index (Phi) is 17.9. The normalized spacial score (nSPS) is 12.8. The summed E-state index contributed by atoms with van der Waals surface area (Å²) in [7, 11) is 0. The van der Waals surface area contributed by atoms with Crippen molar-refractivity contribution in [3.8, 4) is 11.5 Å². The molecule has 0 fully saturated rings. The Morgan fingerprint density at radius 2 is 0.656 bits per heavy atom. The van der Waals surface area contributed by atoms with Gasteiger partial charge in [0, 0.05) is 55.3 Å². The maximum absolute atomic E-state index is 10.7. The van der Waals surface area contributed by atoms with Crippen molar-refractivity contribution in [3.63, 3.8) is 0 Å². The van der Waals surface area contributed by atoms with E-state index in [2.05, 4.69) is 94.4 Å². The van der Waals surface area contributed by atoms with Gasteiger partial charge < -0.3 is 30.1 Å². The van der Waals surface area contributed by atoms with E-state index in [-0.39, 0.29) is 11.5 Å². The van der Waals surface area contributed by atoms with E-state index in [0.717, 1.165) is 92.1 Å². The van der Waals surface area contributed by atoms with Gasteiger partial charge in [-0.2, -0.15) is 0 Å². The third-order valence-electron chi connectivity index (χ3n) is 13.5. The lowest BCUT2D eigenvalue weighted by Gasteiger charge is -2.10. The molecule has 64 heavy (non-hydrogen) atoms. The fourth-order valence-electron chi connectivity index (χ4n) is 9.86. The Labute approximate surface area is 382 Å². The molecule has 0 saturated carbocycles. The minimum absolute atomic E-state index is 0.250. The maximum Gasteiger partial charge on any atom is 0.116 e. The highest BCUT2D eigenvalue weighted by molar-refractivity contribution is 5.81. The SMILES string of the molecule is CCCCCCCCCCCCCC1=c2ccc([nH]2)=C(c2cccc(O)c2)c2ccc([nH]2)C(CCCCCCCCCCCCC)=c2ccc([nH]2)=C(c2cccc(O)c2)c2ccc1[nH]2. The number of nitrogens with one attached hydrogen (secondary N) is 4. The molecule has 0 atom stereocenters. The molecule has 0 saturated heterocycles. The molecule has 6 aromatic rings. The van der Waals surface area contributed by atoms with E-state index >= 15 is 0 Å². The number of H-pyrrole nitrogens is 4. The van der Waals surface area contributed by atoms with Crippen molar-refractivity contribution in [2.45, 2.75) is 168 Å². The van der Waals surface area contributed by atoms with Gasteiger partial charge in [0.2, 0.25) is 0 Å². The van der Waals surface area contributed by atoms with Crippen molar-refractivity contribution in [2.24, 2.45) is 0 Å². The molecule has 2 aromatic carbocycles. The van der Waals surface area contributed by atoms with Crippen LogP contribution in [0.5, 0.6) is 11.5 Å². The van der Waals surface area contributed by atoms with Crippen molar-refractivity contribution in [2.75, 3.05) is 0 Å². The lowest BCUT2D eigenvalue weighted by Crippen LogP contribution is -2.18. The van der Waals surface area contributed by atoms with E-state index in [1.807, 2.05) is 24.3 Å². The van der Waals surface area contributed by atoms with Crippen LogP contribution in [0.1, 0.15) is 202 Å². The minimum atomic E-state index is 0.250. The zero-order valence-corrected chi connectivity index (χ0v) is 39.1. The van der Waals surface area contributed by atoms with Crippen LogP contribution in [-0.2, 0) is 0 Å². The number of phenolic OH excluding ortho intramolecular Hbond substituents is 2. The Bertz CT molecular complexity index is 2420. The van der Waals surface area contributed by atoms with E-state index < -0.39 is 0 Å². The molecule has 340 valence electrons. The smallest absolute Gasteiger partial charge is 0.116 e. The van der Waals surface area contributed by atoms with Crippen molar-refractivity contribution in [3.05, 3.63) is 152 Å². The average Bonchev–Trinajstić information content (AvgIpc) is 4.15. The molecule has 0 aliphatic carbocycles. The number of hydrogen-bond donors (Lipinski definition) is 6. The topological polar surface area (TPSA) is 104 Å². The number of aromatic hydroxyl groups is 2. The first-order valence-electron chi connectivity index (χ1n) is 25.4. The summed E-state index contributed by atoms with van der Waals surface area (Å²) in [6.07, 6.45) is 30.7. The number of fused-ring (bicyclic) bond motifs is 8. The summed E-state index contributed by atoms with van der Waals surface area (Å²) in [5.41, 5.74) is 10.7. The molecule has 6 heteroatoms. The third-order valence-corrected chi connectivity index (χ3v) is 13.5. The third kappa shape index (κ3) is 12.9. The zero-order chi connectivity index (χ0) is 44.4. The van der Waals surface area contributed by atoms with Gasteiger partial charge in [-0.25, -0.2) is 0 Å². The molecule has 1 aliphatic rings. The molecule has 0 spiro atoms. The van der Waals surface area contributed by atoms with Gasteiger partial charge in [0.25, 0.3) is 0 Å². The molecule has 1 aliphatic heterocycles. The van der Waals surface area contributed by atoms with Crippen molar-refractivity contribution >= 4 is 22.3 Å². The van der Waals surface area contributed by atoms with E-state index in [1.54, 1.807) is 12.1 Å². The van der Waals surface area contributed by atoms with Crippen LogP contribution in [0, 0.1) is 0 Å². The molecule has 7 rings (SSSR count). The van der Waals surface area contributed by atoms with Crippen LogP contribution in [0.15, 0.2) is 97.1 Å². The fourth-order valence-corrected chi connectivity index (χ4v) is 9.86. The summed E-state index contributed by atoms with van der Waals surface area (Å²) in [4.78, 5) is 15.6. The van der Waals surface area contributed by atoms with Crippen LogP contribution in [0.2, 0.25) is 0 Å². The summed E-state index contributed by atoms with van der Waals surface area (Å²) in [5, 5.41) is 25.7. The number of unbranched alkanes of at least 4 members (excludes halogenated alkanes) is 20. The van der Waals surface area contributed by atoms with E-state index in [0.29, 0.717) is 0 Å². The quantitative estimate of drug-likeness (QED) is 0.0306. The number of aromatic nitrogens is 4. The Balaban J connectivity index is 1.25. The predicted molar refractivity (Wildman–Crippen MR) is 268 cm³/mol. The molecule has 4 aromatic heterocycles. The van der Waals surface area contributed by atoms with E-state index in [4.69, 9.17) is 0 Å². The highest BCUT2D eigenvalue weighted by atomic mass is 16.3. The number of rotatable bonds is 26. The molecule has 0 amide bonds. The predicted octanol–water partition coefficient (Wildman–Crippen LogP) is 13.0. The molecule has 8 bridgehead atoms. The van der Waals surface area contributed by atoms with Crippen LogP contribution < -0.4 is 21.4 Å². The fraction of sp³-hybridized carbons (Fsp3) is 0.448. The summed E-state index contributed by atoms with van der Waals surface area (Å²) in [6.45, 7) is 4.57. The van der Waals surface area contributed by atoms with Gasteiger partial charge in [-0.15, -0.1) is 0 Å². The van der Waals surface area contributed by atoms with Crippen molar-refractivity contribution in [1.29, 1.82) is 0 Å². The van der Waals surface area contributed by atoms with Crippen molar-refractivity contribution in [1.82, 2.24) is 19.9 Å². The molecule has 5 heterocycles. The molecule has 6 nitrogen and oxygen atoms in total. The van der Waals surface area contributed by atoms with Crippen LogP contribution in [0.25, 0.3) is 22.3 Å². The van der Waals surface area contributed by atoms with Gasteiger partial charge in [-0.3, -0.25) is 0 Å². The maximum atomic E-state index is 10.7. The second kappa shape index (κ2) is 24.6. The summed E-state index contributed by atoms with van der Waals surface area (Å²) < 4.78 is 0.